The van der Waals surface area contributed by atoms with E-state index in [2.05, 4.69) is 5.32 Å². The molecule has 2 N–H and O–H groups in total. The van der Waals surface area contributed by atoms with Gasteiger partial charge in [0, 0.05) is 6.54 Å². The molecule has 0 spiro atoms. The quantitative estimate of drug-likeness (QED) is 0.771. The Morgan fingerprint density at radius 1 is 1.15 bits per heavy atom. The number of carbonyl (C=O) groups is 1. The summed E-state index contributed by atoms with van der Waals surface area (Å²) in [4.78, 5) is 13.6. The molecule has 1 aliphatic heterocycles. The van der Waals surface area contributed by atoms with Gasteiger partial charge in [0.25, 0.3) is 5.91 Å². The molecule has 146 valence electrons. The van der Waals surface area contributed by atoms with Crippen molar-refractivity contribution >= 4 is 15.9 Å². The van der Waals surface area contributed by atoms with Gasteiger partial charge in [-0.15, -0.1) is 0 Å². The van der Waals surface area contributed by atoms with Gasteiger partial charge in [0.15, 0.2) is 6.04 Å². The normalized spacial score (nSPS) is 17.9. The molecule has 0 saturated carbocycles. The highest BCUT2D eigenvalue weighted by atomic mass is 32.2. The van der Waals surface area contributed by atoms with E-state index < -0.39 is 10.0 Å². The number of nitrogens with one attached hydrogen (secondary N) is 2. The molecule has 6 nitrogen and oxygen atoms in total. The molecule has 2 rings (SSSR count). The van der Waals surface area contributed by atoms with Crippen LogP contribution in [0.25, 0.3) is 0 Å². The monoisotopic (exact) mass is 382 g/mol. The van der Waals surface area contributed by atoms with Crippen LogP contribution >= 0.6 is 0 Å². The first kappa shape index (κ1) is 20.9. The predicted octanol–water partition coefficient (Wildman–Crippen LogP) is 0.334. The predicted molar refractivity (Wildman–Crippen MR) is 103 cm³/mol. The summed E-state index contributed by atoms with van der Waals surface area (Å²) in [5.74, 6) is 0.0276. The largest absolute Gasteiger partial charge is 0.351 e. The number of quaternary nitrogens is 1. The van der Waals surface area contributed by atoms with Crippen LogP contribution in [0.5, 0.6) is 0 Å². The molecule has 1 saturated heterocycles. The van der Waals surface area contributed by atoms with Crippen LogP contribution in [0.15, 0.2) is 11.0 Å². The Bertz CT molecular complexity index is 755. The number of benzene rings is 1. The Labute approximate surface area is 157 Å². The van der Waals surface area contributed by atoms with Crippen LogP contribution in [0.1, 0.15) is 36.1 Å². The Morgan fingerprint density at radius 2 is 1.65 bits per heavy atom. The van der Waals surface area contributed by atoms with E-state index in [1.807, 2.05) is 47.6 Å². The SMILES string of the molecule is CCNC(=O)[C@H](C)[NH+]1CCN(S(=O)(=O)c2c(C)c(C)cc(C)c2C)CC1. The van der Waals surface area contributed by atoms with E-state index in [-0.39, 0.29) is 11.9 Å². The number of hydrogen-bond acceptors (Lipinski definition) is 3. The summed E-state index contributed by atoms with van der Waals surface area (Å²) in [6.45, 7) is 14.2. The van der Waals surface area contributed by atoms with Crippen molar-refractivity contribution in [2.24, 2.45) is 0 Å². The van der Waals surface area contributed by atoms with E-state index in [0.717, 1.165) is 27.2 Å². The summed E-state index contributed by atoms with van der Waals surface area (Å²) in [5, 5.41) is 2.85. The maximum atomic E-state index is 13.3. The average molecular weight is 383 g/mol. The maximum Gasteiger partial charge on any atom is 0.278 e. The first-order valence-electron chi connectivity index (χ1n) is 9.31. The van der Waals surface area contributed by atoms with Gasteiger partial charge in [-0.05, 0) is 63.8 Å². The van der Waals surface area contributed by atoms with Crippen molar-refractivity contribution in [2.45, 2.75) is 52.5 Å². The van der Waals surface area contributed by atoms with Crippen molar-refractivity contribution in [3.8, 4) is 0 Å². The van der Waals surface area contributed by atoms with Crippen LogP contribution in [0.4, 0.5) is 0 Å². The molecule has 7 heteroatoms. The maximum absolute atomic E-state index is 13.3. The highest BCUT2D eigenvalue weighted by molar-refractivity contribution is 7.89. The van der Waals surface area contributed by atoms with Crippen molar-refractivity contribution in [2.75, 3.05) is 32.7 Å². The molecule has 26 heavy (non-hydrogen) atoms. The van der Waals surface area contributed by atoms with Gasteiger partial charge >= 0.3 is 0 Å². The van der Waals surface area contributed by atoms with E-state index in [9.17, 15) is 13.2 Å². The van der Waals surface area contributed by atoms with E-state index in [0.29, 0.717) is 37.6 Å². The molecular weight excluding hydrogens is 350 g/mol. The Kier molecular flexibility index (Phi) is 6.47. The second-order valence-electron chi connectivity index (χ2n) is 7.27. The highest BCUT2D eigenvalue weighted by Crippen LogP contribution is 2.28. The van der Waals surface area contributed by atoms with E-state index >= 15 is 0 Å². The molecule has 1 aromatic rings. The molecule has 1 heterocycles. The molecule has 1 amide bonds. The lowest BCUT2D eigenvalue weighted by molar-refractivity contribution is -0.917. The second kappa shape index (κ2) is 8.06. The van der Waals surface area contributed by atoms with Crippen molar-refractivity contribution in [3.05, 3.63) is 28.3 Å². The fourth-order valence-electron chi connectivity index (χ4n) is 3.66. The minimum Gasteiger partial charge on any atom is -0.351 e. The molecule has 0 aromatic heterocycles. The smallest absolute Gasteiger partial charge is 0.278 e. The summed E-state index contributed by atoms with van der Waals surface area (Å²) in [6.07, 6.45) is 0. The Morgan fingerprint density at radius 3 is 2.12 bits per heavy atom. The molecule has 0 aliphatic carbocycles. The fraction of sp³-hybridized carbons (Fsp3) is 0.632. The molecular formula is C19H32N3O3S+. The number of carbonyl (C=O) groups excluding carboxylic acids is 1. The highest BCUT2D eigenvalue weighted by Gasteiger charge is 2.35. The molecule has 1 atom stereocenters. The molecule has 0 unspecified atom stereocenters. The number of hydrogen-bond donors (Lipinski definition) is 2. The van der Waals surface area contributed by atoms with Crippen LogP contribution in [-0.4, -0.2) is 57.4 Å². The van der Waals surface area contributed by atoms with Crippen molar-refractivity contribution in [1.29, 1.82) is 0 Å². The number of piperazine rings is 1. The number of likely N-dealkylation sites (N-methyl/N-ethyl adjacent to an activating group) is 1. The van der Waals surface area contributed by atoms with Crippen molar-refractivity contribution < 1.29 is 18.1 Å². The summed E-state index contributed by atoms with van der Waals surface area (Å²) in [7, 11) is -3.53. The van der Waals surface area contributed by atoms with Gasteiger partial charge in [-0.3, -0.25) is 4.79 Å². The first-order valence-corrected chi connectivity index (χ1v) is 10.7. The lowest BCUT2D eigenvalue weighted by atomic mass is 10.0. The standard InChI is InChI=1S/C19H31N3O3S/c1-7-20-19(23)17(6)21-8-10-22(11-9-21)26(24,25)18-15(4)13(2)12-14(3)16(18)5/h12,17H,7-11H2,1-6H3,(H,20,23)/p+1/t17-/m0/s1. The number of nitrogens with zero attached hydrogens (tertiary/aromatic N) is 1. The summed E-state index contributed by atoms with van der Waals surface area (Å²) < 4.78 is 28.1. The van der Waals surface area contributed by atoms with Gasteiger partial charge in [-0.25, -0.2) is 8.42 Å². The Hall–Kier alpha value is -1.44. The zero-order chi connectivity index (χ0) is 19.6. The minimum absolute atomic E-state index is 0.0276. The topological polar surface area (TPSA) is 70.9 Å². The third-order valence-electron chi connectivity index (χ3n) is 5.62. The zero-order valence-electron chi connectivity index (χ0n) is 16.8. The molecule has 1 aromatic carbocycles. The lowest BCUT2D eigenvalue weighted by Gasteiger charge is -2.34. The van der Waals surface area contributed by atoms with Crippen LogP contribution in [0.3, 0.4) is 0 Å². The van der Waals surface area contributed by atoms with Gasteiger partial charge < -0.3 is 10.2 Å². The number of rotatable bonds is 5. The van der Waals surface area contributed by atoms with Crippen LogP contribution in [-0.2, 0) is 14.8 Å². The Balaban J connectivity index is 2.20. The number of aryl methyl sites for hydroxylation is 2. The molecule has 0 radical (unpaired) electrons. The lowest BCUT2D eigenvalue weighted by Crippen LogP contribution is -3.19. The third kappa shape index (κ3) is 3.94. The van der Waals surface area contributed by atoms with Crippen LogP contribution < -0.4 is 10.2 Å². The van der Waals surface area contributed by atoms with E-state index in [1.54, 1.807) is 4.31 Å². The zero-order valence-corrected chi connectivity index (χ0v) is 17.6. The average Bonchev–Trinajstić information content (AvgIpc) is 2.59. The summed E-state index contributed by atoms with van der Waals surface area (Å²) >= 11 is 0. The third-order valence-corrected chi connectivity index (χ3v) is 7.79. The first-order chi connectivity index (χ1) is 12.1. The minimum atomic E-state index is -3.53. The summed E-state index contributed by atoms with van der Waals surface area (Å²) in [5.41, 5.74) is 3.67. The fourth-order valence-corrected chi connectivity index (χ4v) is 5.67. The van der Waals surface area contributed by atoms with Gasteiger partial charge in [0.1, 0.15) is 0 Å². The van der Waals surface area contributed by atoms with Gasteiger partial charge in [0.2, 0.25) is 10.0 Å². The van der Waals surface area contributed by atoms with Crippen molar-refractivity contribution in [3.63, 3.8) is 0 Å². The summed E-state index contributed by atoms with van der Waals surface area (Å²) in [6, 6.07) is 1.88. The van der Waals surface area contributed by atoms with Crippen LogP contribution in [0, 0.1) is 27.7 Å². The second-order valence-corrected chi connectivity index (χ2v) is 9.14. The molecule has 1 aliphatic rings. The molecule has 0 bridgehead atoms. The van der Waals surface area contributed by atoms with Gasteiger partial charge in [0.05, 0.1) is 31.1 Å². The number of sulfonamides is 1. The van der Waals surface area contributed by atoms with Gasteiger partial charge in [-0.1, -0.05) is 6.07 Å². The van der Waals surface area contributed by atoms with E-state index in [4.69, 9.17) is 0 Å². The van der Waals surface area contributed by atoms with Crippen LogP contribution in [0.2, 0.25) is 0 Å². The van der Waals surface area contributed by atoms with E-state index in [1.165, 1.54) is 0 Å². The van der Waals surface area contributed by atoms with Crippen molar-refractivity contribution in [1.82, 2.24) is 9.62 Å². The number of amides is 1. The van der Waals surface area contributed by atoms with Gasteiger partial charge in [-0.2, -0.15) is 4.31 Å². The molecule has 1 fully saturated rings.